The van der Waals surface area contributed by atoms with Crippen molar-refractivity contribution in [1.82, 2.24) is 15.2 Å². The van der Waals surface area contributed by atoms with Crippen molar-refractivity contribution in [3.05, 3.63) is 88.4 Å². The zero-order valence-electron chi connectivity index (χ0n) is 17.4. The third kappa shape index (κ3) is 5.58. The number of nitrogens with zero attached hydrogens (tertiary/aromatic N) is 2. The SMILES string of the molecule is O=C(NC1CCCC1)[C@H](c1ccncc1)N(Cc1ccccc1)C(=O)Cc1cccs1. The van der Waals surface area contributed by atoms with Gasteiger partial charge in [0.25, 0.3) is 0 Å². The molecule has 0 bridgehead atoms. The average Bonchev–Trinajstić information content (AvgIpc) is 3.49. The van der Waals surface area contributed by atoms with Gasteiger partial charge in [0.2, 0.25) is 11.8 Å². The normalized spacial score (nSPS) is 14.8. The fraction of sp³-hybridized carbons (Fsp3) is 0.320. The third-order valence-electron chi connectivity index (χ3n) is 5.71. The molecule has 2 amide bonds. The van der Waals surface area contributed by atoms with Gasteiger partial charge in [-0.15, -0.1) is 11.3 Å². The Morgan fingerprint density at radius 2 is 1.77 bits per heavy atom. The lowest BCUT2D eigenvalue weighted by molar-refractivity contribution is -0.141. The number of benzene rings is 1. The first kappa shape index (κ1) is 21.2. The van der Waals surface area contributed by atoms with Crippen LogP contribution >= 0.6 is 11.3 Å². The number of hydrogen-bond acceptors (Lipinski definition) is 4. The molecular weight excluding hydrogens is 406 g/mol. The largest absolute Gasteiger partial charge is 0.351 e. The zero-order valence-corrected chi connectivity index (χ0v) is 18.3. The molecule has 0 saturated heterocycles. The number of rotatable bonds is 8. The van der Waals surface area contributed by atoms with E-state index < -0.39 is 6.04 Å². The highest BCUT2D eigenvalue weighted by atomic mass is 32.1. The van der Waals surface area contributed by atoms with Crippen LogP contribution in [-0.2, 0) is 22.6 Å². The smallest absolute Gasteiger partial charge is 0.247 e. The van der Waals surface area contributed by atoms with E-state index in [0.29, 0.717) is 6.54 Å². The highest BCUT2D eigenvalue weighted by molar-refractivity contribution is 7.10. The Kier molecular flexibility index (Phi) is 7.10. The van der Waals surface area contributed by atoms with E-state index in [1.807, 2.05) is 60.0 Å². The monoisotopic (exact) mass is 433 g/mol. The van der Waals surface area contributed by atoms with Crippen LogP contribution in [0.3, 0.4) is 0 Å². The molecule has 3 aromatic rings. The Labute approximate surface area is 187 Å². The van der Waals surface area contributed by atoms with Gasteiger partial charge in [0.05, 0.1) is 6.42 Å². The number of carbonyl (C=O) groups is 2. The highest BCUT2D eigenvalue weighted by Crippen LogP contribution is 2.27. The van der Waals surface area contributed by atoms with E-state index in [1.165, 1.54) is 0 Å². The lowest BCUT2D eigenvalue weighted by Gasteiger charge is -2.32. The van der Waals surface area contributed by atoms with Crippen molar-refractivity contribution in [3.8, 4) is 0 Å². The Balaban J connectivity index is 1.66. The van der Waals surface area contributed by atoms with Crippen molar-refractivity contribution in [2.24, 2.45) is 0 Å². The topological polar surface area (TPSA) is 62.3 Å². The molecule has 1 atom stereocenters. The van der Waals surface area contributed by atoms with Gasteiger partial charge in [-0.1, -0.05) is 49.2 Å². The molecule has 1 N–H and O–H groups in total. The van der Waals surface area contributed by atoms with E-state index in [0.717, 1.165) is 41.7 Å². The Bertz CT molecular complexity index is 971. The molecule has 0 unspecified atom stereocenters. The van der Waals surface area contributed by atoms with E-state index in [1.54, 1.807) is 28.6 Å². The van der Waals surface area contributed by atoms with Gasteiger partial charge in [0, 0.05) is 29.9 Å². The summed E-state index contributed by atoms with van der Waals surface area (Å²) in [4.78, 5) is 33.8. The van der Waals surface area contributed by atoms with E-state index in [9.17, 15) is 9.59 Å². The highest BCUT2D eigenvalue weighted by Gasteiger charge is 2.33. The number of thiophene rings is 1. The molecule has 31 heavy (non-hydrogen) atoms. The van der Waals surface area contributed by atoms with Gasteiger partial charge in [0.1, 0.15) is 6.04 Å². The summed E-state index contributed by atoms with van der Waals surface area (Å²) in [5, 5.41) is 5.18. The zero-order chi connectivity index (χ0) is 21.5. The van der Waals surface area contributed by atoms with Crippen LogP contribution in [0.2, 0.25) is 0 Å². The number of nitrogens with one attached hydrogen (secondary N) is 1. The van der Waals surface area contributed by atoms with Gasteiger partial charge in [-0.2, -0.15) is 0 Å². The first-order valence-corrected chi connectivity index (χ1v) is 11.6. The molecule has 2 aromatic heterocycles. The summed E-state index contributed by atoms with van der Waals surface area (Å²) in [6, 6.07) is 16.9. The molecule has 4 rings (SSSR count). The van der Waals surface area contributed by atoms with Crippen LogP contribution in [0, 0.1) is 0 Å². The standard InChI is InChI=1S/C25H27N3O2S/c29-23(17-22-11-6-16-31-22)28(18-19-7-2-1-3-8-19)24(20-12-14-26-15-13-20)25(30)27-21-9-4-5-10-21/h1-3,6-8,11-16,21,24H,4-5,9-10,17-18H2,(H,27,30)/t24-/m0/s1. The van der Waals surface area contributed by atoms with Crippen LogP contribution < -0.4 is 5.32 Å². The Morgan fingerprint density at radius 3 is 2.45 bits per heavy atom. The lowest BCUT2D eigenvalue weighted by atomic mass is 10.0. The van der Waals surface area contributed by atoms with Crippen molar-refractivity contribution in [2.45, 2.75) is 50.7 Å². The molecule has 2 heterocycles. The first-order valence-electron chi connectivity index (χ1n) is 10.8. The van der Waals surface area contributed by atoms with Gasteiger partial charge in [-0.25, -0.2) is 0 Å². The number of amides is 2. The van der Waals surface area contributed by atoms with E-state index in [-0.39, 0.29) is 24.3 Å². The second kappa shape index (κ2) is 10.4. The second-order valence-electron chi connectivity index (χ2n) is 7.94. The summed E-state index contributed by atoms with van der Waals surface area (Å²) in [6.07, 6.45) is 7.90. The number of carbonyl (C=O) groups excluding carboxylic acids is 2. The molecule has 1 fully saturated rings. The number of hydrogen-bond donors (Lipinski definition) is 1. The first-order chi connectivity index (χ1) is 15.2. The maximum absolute atomic E-state index is 13.5. The van der Waals surface area contributed by atoms with E-state index >= 15 is 0 Å². The maximum Gasteiger partial charge on any atom is 0.247 e. The van der Waals surface area contributed by atoms with Crippen molar-refractivity contribution in [2.75, 3.05) is 0 Å². The van der Waals surface area contributed by atoms with Crippen LogP contribution in [0.15, 0.2) is 72.4 Å². The molecule has 160 valence electrons. The summed E-state index contributed by atoms with van der Waals surface area (Å²) in [6.45, 7) is 0.371. The van der Waals surface area contributed by atoms with Crippen LogP contribution in [0.1, 0.15) is 47.7 Å². The van der Waals surface area contributed by atoms with E-state index in [4.69, 9.17) is 0 Å². The van der Waals surface area contributed by atoms with E-state index in [2.05, 4.69) is 10.3 Å². The summed E-state index contributed by atoms with van der Waals surface area (Å²) in [7, 11) is 0. The molecule has 0 aliphatic heterocycles. The molecule has 5 nitrogen and oxygen atoms in total. The molecule has 0 spiro atoms. The molecule has 1 aliphatic carbocycles. The van der Waals surface area contributed by atoms with Crippen molar-refractivity contribution in [3.63, 3.8) is 0 Å². The summed E-state index contributed by atoms with van der Waals surface area (Å²) < 4.78 is 0. The van der Waals surface area contributed by atoms with Crippen molar-refractivity contribution in [1.29, 1.82) is 0 Å². The van der Waals surface area contributed by atoms with Crippen LogP contribution in [-0.4, -0.2) is 27.7 Å². The molecule has 1 aliphatic rings. The van der Waals surface area contributed by atoms with Crippen LogP contribution in [0.4, 0.5) is 0 Å². The van der Waals surface area contributed by atoms with Crippen molar-refractivity contribution < 1.29 is 9.59 Å². The molecule has 1 saturated carbocycles. The van der Waals surface area contributed by atoms with Gasteiger partial charge in [0.15, 0.2) is 0 Å². The minimum absolute atomic E-state index is 0.0605. The molecular formula is C25H27N3O2S. The Morgan fingerprint density at radius 1 is 1.03 bits per heavy atom. The molecule has 1 aromatic carbocycles. The van der Waals surface area contributed by atoms with Gasteiger partial charge in [-0.05, 0) is 47.5 Å². The predicted molar refractivity (Wildman–Crippen MR) is 122 cm³/mol. The average molecular weight is 434 g/mol. The molecule has 6 heteroatoms. The van der Waals surface area contributed by atoms with Gasteiger partial charge < -0.3 is 10.2 Å². The third-order valence-corrected chi connectivity index (χ3v) is 6.58. The Hall–Kier alpha value is -2.99. The number of aromatic nitrogens is 1. The molecule has 0 radical (unpaired) electrons. The number of pyridine rings is 1. The lowest BCUT2D eigenvalue weighted by Crippen LogP contribution is -2.46. The van der Waals surface area contributed by atoms with Gasteiger partial charge in [-0.3, -0.25) is 14.6 Å². The predicted octanol–water partition coefficient (Wildman–Crippen LogP) is 4.51. The van der Waals surface area contributed by atoms with Crippen molar-refractivity contribution >= 4 is 23.2 Å². The van der Waals surface area contributed by atoms with Crippen LogP contribution in [0.5, 0.6) is 0 Å². The fourth-order valence-electron chi connectivity index (χ4n) is 4.14. The van der Waals surface area contributed by atoms with Gasteiger partial charge >= 0.3 is 0 Å². The summed E-state index contributed by atoms with van der Waals surface area (Å²) >= 11 is 1.56. The minimum Gasteiger partial charge on any atom is -0.351 e. The quantitative estimate of drug-likeness (QED) is 0.568. The maximum atomic E-state index is 13.5. The minimum atomic E-state index is -0.698. The summed E-state index contributed by atoms with van der Waals surface area (Å²) in [5.74, 6) is -0.178. The summed E-state index contributed by atoms with van der Waals surface area (Å²) in [5.41, 5.74) is 1.77. The van der Waals surface area contributed by atoms with Crippen LogP contribution in [0.25, 0.3) is 0 Å². The second-order valence-corrected chi connectivity index (χ2v) is 8.97. The fourth-order valence-corrected chi connectivity index (χ4v) is 4.83.